The first-order valence-electron chi connectivity index (χ1n) is 12.1. The number of benzene rings is 2. The molecule has 2 aromatic carbocycles. The molecule has 0 saturated carbocycles. The molecule has 38 heavy (non-hydrogen) atoms. The minimum absolute atomic E-state index is 0.124. The number of fused-ring (bicyclic) bond motifs is 1. The smallest absolute Gasteiger partial charge is 0.328 e. The highest BCUT2D eigenvalue weighted by Gasteiger charge is 2.34. The second kappa shape index (κ2) is 12.2. The largest absolute Gasteiger partial charge is 0.480 e. The van der Waals surface area contributed by atoms with Gasteiger partial charge in [-0.15, -0.1) is 11.8 Å². The van der Waals surface area contributed by atoms with E-state index in [1.807, 2.05) is 24.5 Å². The molecule has 200 valence electrons. The Morgan fingerprint density at radius 3 is 2.50 bits per heavy atom. The Bertz CT molecular complexity index is 1290. The van der Waals surface area contributed by atoms with Crippen molar-refractivity contribution in [2.45, 2.75) is 30.3 Å². The van der Waals surface area contributed by atoms with E-state index in [4.69, 9.17) is 23.2 Å². The van der Waals surface area contributed by atoms with E-state index in [0.717, 1.165) is 10.5 Å². The van der Waals surface area contributed by atoms with Gasteiger partial charge in [0.1, 0.15) is 6.04 Å². The van der Waals surface area contributed by atoms with Crippen LogP contribution in [0, 0.1) is 5.92 Å². The number of halogens is 2. The van der Waals surface area contributed by atoms with Crippen LogP contribution in [-0.4, -0.2) is 70.5 Å². The van der Waals surface area contributed by atoms with Crippen molar-refractivity contribution >= 4 is 64.7 Å². The zero-order valence-corrected chi connectivity index (χ0v) is 23.0. The summed E-state index contributed by atoms with van der Waals surface area (Å²) in [4.78, 5) is 54.0. The topological polar surface area (TPSA) is 107 Å². The molecule has 0 spiro atoms. The number of nitrogens with zero attached hydrogens (tertiary/aromatic N) is 2. The third kappa shape index (κ3) is 6.17. The molecule has 1 unspecified atom stereocenters. The van der Waals surface area contributed by atoms with E-state index in [2.05, 4.69) is 5.32 Å². The molecular weight excluding hydrogens is 549 g/mol. The summed E-state index contributed by atoms with van der Waals surface area (Å²) in [5.41, 5.74) is 2.02. The van der Waals surface area contributed by atoms with E-state index in [0.29, 0.717) is 53.6 Å². The van der Waals surface area contributed by atoms with Gasteiger partial charge in [0.2, 0.25) is 11.8 Å². The number of carboxylic acids is 1. The van der Waals surface area contributed by atoms with Crippen molar-refractivity contribution in [3.63, 3.8) is 0 Å². The molecule has 3 amide bonds. The van der Waals surface area contributed by atoms with Crippen LogP contribution < -0.4 is 5.32 Å². The molecule has 0 aromatic heterocycles. The fraction of sp³-hybridized carbons (Fsp3) is 0.333. The second-order valence-corrected chi connectivity index (χ2v) is 10.8. The number of piperidine rings is 1. The van der Waals surface area contributed by atoms with Crippen molar-refractivity contribution in [2.75, 3.05) is 25.9 Å². The van der Waals surface area contributed by atoms with E-state index in [9.17, 15) is 24.3 Å². The Labute approximate surface area is 235 Å². The van der Waals surface area contributed by atoms with Crippen LogP contribution in [0.4, 0.5) is 0 Å². The first-order valence-corrected chi connectivity index (χ1v) is 14.1. The average molecular weight is 577 g/mol. The Morgan fingerprint density at radius 2 is 1.84 bits per heavy atom. The first kappa shape index (κ1) is 28.0. The summed E-state index contributed by atoms with van der Waals surface area (Å²) in [5.74, 6) is -2.47. The molecule has 1 fully saturated rings. The number of hydrogen-bond donors (Lipinski definition) is 2. The van der Waals surface area contributed by atoms with Crippen LogP contribution in [0.5, 0.6) is 0 Å². The molecule has 2 aromatic rings. The van der Waals surface area contributed by atoms with E-state index in [-0.39, 0.29) is 24.3 Å². The minimum atomic E-state index is -1.22. The van der Waals surface area contributed by atoms with E-state index < -0.39 is 17.9 Å². The standard InChI is InChI=1S/C27H27Cl2N3O5S/c1-38-21-8-6-16(23(28)24(21)29)7-9-22(33)31-12-10-17(11-13-31)25(34)30-20(27(36)37)15-32-14-18-4-2-3-5-19(18)26(32)35/h2-9,17,20H,10-15H2,1H3,(H,30,34)(H,36,37)/b9-7+. The lowest BCUT2D eigenvalue weighted by Gasteiger charge is -2.31. The van der Waals surface area contributed by atoms with Gasteiger partial charge >= 0.3 is 5.97 Å². The zero-order valence-electron chi connectivity index (χ0n) is 20.7. The number of hydrogen-bond acceptors (Lipinski definition) is 5. The van der Waals surface area contributed by atoms with Crippen molar-refractivity contribution in [1.82, 2.24) is 15.1 Å². The number of rotatable bonds is 8. The Morgan fingerprint density at radius 1 is 1.13 bits per heavy atom. The van der Waals surface area contributed by atoms with Crippen LogP contribution in [0.1, 0.15) is 34.3 Å². The first-order chi connectivity index (χ1) is 18.2. The highest BCUT2D eigenvalue weighted by Crippen LogP contribution is 2.35. The summed E-state index contributed by atoms with van der Waals surface area (Å²) in [5, 5.41) is 13.1. The quantitative estimate of drug-likeness (QED) is 0.361. The monoisotopic (exact) mass is 575 g/mol. The van der Waals surface area contributed by atoms with E-state index >= 15 is 0 Å². The number of amides is 3. The van der Waals surface area contributed by atoms with Crippen molar-refractivity contribution in [2.24, 2.45) is 5.92 Å². The Hall–Kier alpha value is -3.01. The van der Waals surface area contributed by atoms with Gasteiger partial charge in [-0.3, -0.25) is 14.4 Å². The molecule has 0 bridgehead atoms. The maximum Gasteiger partial charge on any atom is 0.328 e. The van der Waals surface area contributed by atoms with Gasteiger partial charge in [0.15, 0.2) is 0 Å². The number of nitrogens with one attached hydrogen (secondary N) is 1. The summed E-state index contributed by atoms with van der Waals surface area (Å²) in [7, 11) is 0. The number of aliphatic carboxylic acids is 1. The summed E-state index contributed by atoms with van der Waals surface area (Å²) < 4.78 is 0. The van der Waals surface area contributed by atoms with E-state index in [1.54, 1.807) is 29.2 Å². The highest BCUT2D eigenvalue weighted by atomic mass is 35.5. The van der Waals surface area contributed by atoms with Gasteiger partial charge < -0.3 is 20.2 Å². The normalized spacial score (nSPS) is 16.6. The maximum absolute atomic E-state index is 12.9. The third-order valence-corrected chi connectivity index (χ3v) is 8.58. The van der Waals surface area contributed by atoms with Crippen LogP contribution >= 0.6 is 35.0 Å². The molecule has 0 radical (unpaired) electrons. The molecule has 2 aliphatic heterocycles. The van der Waals surface area contributed by atoms with Crippen LogP contribution in [-0.2, 0) is 20.9 Å². The van der Waals surface area contributed by atoms with Crippen molar-refractivity contribution in [3.8, 4) is 0 Å². The lowest BCUT2D eigenvalue weighted by molar-refractivity contribution is -0.143. The molecule has 2 aliphatic rings. The average Bonchev–Trinajstić information content (AvgIpc) is 3.24. The van der Waals surface area contributed by atoms with Gasteiger partial charge in [-0.25, -0.2) is 4.79 Å². The van der Waals surface area contributed by atoms with Gasteiger partial charge in [-0.2, -0.15) is 0 Å². The number of thioether (sulfide) groups is 1. The van der Waals surface area contributed by atoms with Gasteiger partial charge in [0.25, 0.3) is 5.91 Å². The number of carbonyl (C=O) groups excluding carboxylic acids is 3. The lowest BCUT2D eigenvalue weighted by atomic mass is 9.95. The Kier molecular flexibility index (Phi) is 9.02. The van der Waals surface area contributed by atoms with Crippen LogP contribution in [0.3, 0.4) is 0 Å². The van der Waals surface area contributed by atoms with Crippen LogP contribution in [0.15, 0.2) is 47.4 Å². The van der Waals surface area contributed by atoms with Gasteiger partial charge in [-0.05, 0) is 48.4 Å². The molecule has 1 atom stereocenters. The molecule has 11 heteroatoms. The predicted molar refractivity (Wildman–Crippen MR) is 147 cm³/mol. The fourth-order valence-electron chi connectivity index (χ4n) is 4.62. The summed E-state index contributed by atoms with van der Waals surface area (Å²) >= 11 is 14.1. The highest BCUT2D eigenvalue weighted by molar-refractivity contribution is 7.98. The van der Waals surface area contributed by atoms with Crippen molar-refractivity contribution in [1.29, 1.82) is 0 Å². The van der Waals surface area contributed by atoms with Crippen LogP contribution in [0.2, 0.25) is 10.0 Å². The fourth-order valence-corrected chi connectivity index (χ4v) is 5.79. The molecule has 2 heterocycles. The van der Waals surface area contributed by atoms with Gasteiger partial charge in [0, 0.05) is 42.1 Å². The zero-order chi connectivity index (χ0) is 27.4. The molecule has 1 saturated heterocycles. The number of carboxylic acid groups (broad SMARTS) is 1. The molecule has 2 N–H and O–H groups in total. The molecule has 4 rings (SSSR count). The van der Waals surface area contributed by atoms with Crippen LogP contribution in [0.25, 0.3) is 6.08 Å². The lowest BCUT2D eigenvalue weighted by Crippen LogP contribution is -2.51. The summed E-state index contributed by atoms with van der Waals surface area (Å²) in [6, 6.07) is 9.54. The van der Waals surface area contributed by atoms with Crippen molar-refractivity contribution in [3.05, 3.63) is 69.2 Å². The third-order valence-electron chi connectivity index (χ3n) is 6.79. The predicted octanol–water partition coefficient (Wildman–Crippen LogP) is 4.19. The number of carbonyl (C=O) groups is 4. The van der Waals surface area contributed by atoms with Crippen molar-refractivity contribution < 1.29 is 24.3 Å². The molecule has 0 aliphatic carbocycles. The summed E-state index contributed by atoms with van der Waals surface area (Å²) in [6.07, 6.45) is 5.76. The number of likely N-dealkylation sites (tertiary alicyclic amines) is 1. The SMILES string of the molecule is CSc1ccc(/C=C/C(=O)N2CCC(C(=O)NC(CN3Cc4ccccc4C3=O)C(=O)O)CC2)c(Cl)c1Cl. The molecule has 8 nitrogen and oxygen atoms in total. The minimum Gasteiger partial charge on any atom is -0.480 e. The van der Waals surface area contributed by atoms with E-state index in [1.165, 1.54) is 22.7 Å². The molecular formula is C27H27Cl2N3O5S. The Balaban J connectivity index is 1.29. The second-order valence-electron chi connectivity index (χ2n) is 9.16. The summed E-state index contributed by atoms with van der Waals surface area (Å²) in [6.45, 7) is 0.903. The van der Waals surface area contributed by atoms with Gasteiger partial charge in [0.05, 0.1) is 16.6 Å². The van der Waals surface area contributed by atoms with Gasteiger partial charge in [-0.1, -0.05) is 47.5 Å². The maximum atomic E-state index is 12.9.